The first kappa shape index (κ1) is 22.6. The number of aromatic amines is 1. The highest BCUT2D eigenvalue weighted by Crippen LogP contribution is 2.32. The summed E-state index contributed by atoms with van der Waals surface area (Å²) in [6.07, 6.45) is 1.81. The fraction of sp³-hybridized carbons (Fsp3) is 0.346. The van der Waals surface area contributed by atoms with Crippen molar-refractivity contribution in [1.82, 2.24) is 15.1 Å². The summed E-state index contributed by atoms with van der Waals surface area (Å²) in [5.41, 5.74) is 6.16. The second-order valence-corrected chi connectivity index (χ2v) is 8.43. The molecule has 2 heterocycles. The van der Waals surface area contributed by atoms with Crippen molar-refractivity contribution in [1.29, 1.82) is 5.26 Å². The molecule has 33 heavy (non-hydrogen) atoms. The van der Waals surface area contributed by atoms with Gasteiger partial charge < -0.3 is 14.7 Å². The molecule has 0 aliphatic carbocycles. The number of piperidine rings is 1. The SMILES string of the molecule is Cc1ccc(C(=O)N2CCC(c3ccc(C#N)cc3)CC2)cc1-c1[nH]nc(OCCO)c1C. The molecular formula is C26H28N4O3. The van der Waals surface area contributed by atoms with E-state index in [0.717, 1.165) is 35.2 Å². The number of hydrogen-bond acceptors (Lipinski definition) is 5. The predicted octanol–water partition coefficient (Wildman–Crippen LogP) is 3.96. The summed E-state index contributed by atoms with van der Waals surface area (Å²) in [5, 5.41) is 25.2. The molecule has 1 fully saturated rings. The molecular weight excluding hydrogens is 416 g/mol. The Morgan fingerprint density at radius 1 is 1.21 bits per heavy atom. The van der Waals surface area contributed by atoms with Gasteiger partial charge in [0, 0.05) is 29.8 Å². The van der Waals surface area contributed by atoms with E-state index in [9.17, 15) is 4.79 Å². The number of aliphatic hydroxyl groups is 1. The Bertz CT molecular complexity index is 1170. The predicted molar refractivity (Wildman–Crippen MR) is 125 cm³/mol. The lowest BCUT2D eigenvalue weighted by molar-refractivity contribution is 0.0713. The van der Waals surface area contributed by atoms with Crippen LogP contribution in [-0.2, 0) is 0 Å². The summed E-state index contributed by atoms with van der Waals surface area (Å²) < 4.78 is 5.48. The molecule has 1 saturated heterocycles. The van der Waals surface area contributed by atoms with Gasteiger partial charge in [0.15, 0.2) is 0 Å². The van der Waals surface area contributed by atoms with Crippen molar-refractivity contribution < 1.29 is 14.6 Å². The van der Waals surface area contributed by atoms with Crippen molar-refractivity contribution in [3.05, 3.63) is 70.3 Å². The van der Waals surface area contributed by atoms with E-state index in [4.69, 9.17) is 15.1 Å². The summed E-state index contributed by atoms with van der Waals surface area (Å²) in [7, 11) is 0. The van der Waals surface area contributed by atoms with Crippen molar-refractivity contribution in [2.45, 2.75) is 32.6 Å². The number of hydrogen-bond donors (Lipinski definition) is 2. The molecule has 2 aromatic carbocycles. The average molecular weight is 445 g/mol. The Kier molecular flexibility index (Phi) is 6.76. The molecule has 7 nitrogen and oxygen atoms in total. The van der Waals surface area contributed by atoms with Gasteiger partial charge in [-0.05, 0) is 68.0 Å². The van der Waals surface area contributed by atoms with Crippen molar-refractivity contribution in [3.63, 3.8) is 0 Å². The minimum Gasteiger partial charge on any atom is -0.474 e. The Labute approximate surface area is 193 Å². The molecule has 1 aliphatic rings. The van der Waals surface area contributed by atoms with E-state index in [0.29, 0.717) is 36.0 Å². The highest BCUT2D eigenvalue weighted by molar-refractivity contribution is 5.96. The van der Waals surface area contributed by atoms with Gasteiger partial charge in [0.1, 0.15) is 6.61 Å². The first-order valence-electron chi connectivity index (χ1n) is 11.2. The molecule has 2 N–H and O–H groups in total. The van der Waals surface area contributed by atoms with Gasteiger partial charge in [-0.2, -0.15) is 5.26 Å². The number of nitrogens with zero attached hydrogens (tertiary/aromatic N) is 3. The molecule has 3 aromatic rings. The van der Waals surface area contributed by atoms with Gasteiger partial charge in [-0.25, -0.2) is 0 Å². The number of nitrogens with one attached hydrogen (secondary N) is 1. The Hall–Kier alpha value is -3.63. The number of nitriles is 1. The van der Waals surface area contributed by atoms with Crippen LogP contribution in [0.25, 0.3) is 11.3 Å². The van der Waals surface area contributed by atoms with Gasteiger partial charge in [0.2, 0.25) is 5.88 Å². The Morgan fingerprint density at radius 3 is 2.61 bits per heavy atom. The van der Waals surface area contributed by atoms with Crippen LogP contribution >= 0.6 is 0 Å². The largest absolute Gasteiger partial charge is 0.474 e. The third kappa shape index (κ3) is 4.76. The maximum Gasteiger partial charge on any atom is 0.253 e. The zero-order chi connectivity index (χ0) is 23.4. The number of benzene rings is 2. The zero-order valence-electron chi connectivity index (χ0n) is 19.0. The van der Waals surface area contributed by atoms with Crippen LogP contribution in [0, 0.1) is 25.2 Å². The first-order valence-corrected chi connectivity index (χ1v) is 11.2. The van der Waals surface area contributed by atoms with Gasteiger partial charge >= 0.3 is 0 Å². The number of likely N-dealkylation sites (tertiary alicyclic amines) is 1. The number of aromatic nitrogens is 2. The number of ether oxygens (including phenoxy) is 1. The van der Waals surface area contributed by atoms with E-state index in [-0.39, 0.29) is 19.1 Å². The molecule has 0 saturated carbocycles. The molecule has 1 amide bonds. The second-order valence-electron chi connectivity index (χ2n) is 8.43. The van der Waals surface area contributed by atoms with Gasteiger partial charge in [-0.15, -0.1) is 5.10 Å². The van der Waals surface area contributed by atoms with Crippen molar-refractivity contribution in [2.24, 2.45) is 0 Å². The van der Waals surface area contributed by atoms with E-state index in [1.807, 2.05) is 61.2 Å². The van der Waals surface area contributed by atoms with Crippen molar-refractivity contribution >= 4 is 5.91 Å². The van der Waals surface area contributed by atoms with Crippen LogP contribution in [0.4, 0.5) is 0 Å². The number of amides is 1. The molecule has 170 valence electrons. The normalized spacial score (nSPS) is 14.2. The first-order chi connectivity index (χ1) is 16.0. The maximum atomic E-state index is 13.3. The number of rotatable bonds is 6. The second kappa shape index (κ2) is 9.88. The van der Waals surface area contributed by atoms with Gasteiger partial charge in [0.05, 0.1) is 23.9 Å². The standard InChI is InChI=1S/C26H28N4O3/c1-17-3-6-22(15-23(17)24-18(2)25(29-28-24)33-14-13-31)26(32)30-11-9-21(10-12-30)20-7-4-19(16-27)5-8-20/h3-8,15,21,31H,9-14H2,1-2H3,(H,28,29). The van der Waals surface area contributed by atoms with E-state index in [1.165, 1.54) is 5.56 Å². The van der Waals surface area contributed by atoms with Gasteiger partial charge in [-0.3, -0.25) is 9.89 Å². The van der Waals surface area contributed by atoms with E-state index < -0.39 is 0 Å². The van der Waals surface area contributed by atoms with Crippen LogP contribution in [0.15, 0.2) is 42.5 Å². The third-order valence-corrected chi connectivity index (χ3v) is 6.34. The minimum absolute atomic E-state index is 0.0310. The molecule has 1 aliphatic heterocycles. The lowest BCUT2D eigenvalue weighted by Gasteiger charge is -2.32. The van der Waals surface area contributed by atoms with Crippen LogP contribution in [0.5, 0.6) is 5.88 Å². The van der Waals surface area contributed by atoms with Crippen LogP contribution in [0.3, 0.4) is 0 Å². The number of aliphatic hydroxyl groups excluding tert-OH is 1. The molecule has 0 bridgehead atoms. The number of aryl methyl sites for hydroxylation is 1. The minimum atomic E-state index is -0.0769. The smallest absolute Gasteiger partial charge is 0.253 e. The zero-order valence-corrected chi connectivity index (χ0v) is 19.0. The quantitative estimate of drug-likeness (QED) is 0.599. The monoisotopic (exact) mass is 444 g/mol. The topological polar surface area (TPSA) is 102 Å². The molecule has 0 spiro atoms. The summed E-state index contributed by atoms with van der Waals surface area (Å²) in [5.74, 6) is 0.892. The molecule has 0 unspecified atom stereocenters. The summed E-state index contributed by atoms with van der Waals surface area (Å²) in [4.78, 5) is 15.2. The molecule has 7 heteroatoms. The molecule has 4 rings (SSSR count). The number of H-pyrrole nitrogens is 1. The van der Waals surface area contributed by atoms with Crippen LogP contribution in [0.2, 0.25) is 0 Å². The summed E-state index contributed by atoms with van der Waals surface area (Å²) in [6, 6.07) is 15.7. The fourth-order valence-corrected chi connectivity index (χ4v) is 4.38. The van der Waals surface area contributed by atoms with Gasteiger partial charge in [0.25, 0.3) is 5.91 Å². The molecule has 0 atom stereocenters. The van der Waals surface area contributed by atoms with E-state index >= 15 is 0 Å². The van der Waals surface area contributed by atoms with Crippen LogP contribution in [-0.4, -0.2) is 52.4 Å². The molecule has 0 radical (unpaired) electrons. The van der Waals surface area contributed by atoms with Gasteiger partial charge in [-0.1, -0.05) is 18.2 Å². The number of carbonyl (C=O) groups excluding carboxylic acids is 1. The Morgan fingerprint density at radius 2 is 1.94 bits per heavy atom. The van der Waals surface area contributed by atoms with E-state index in [1.54, 1.807) is 0 Å². The average Bonchev–Trinajstić information content (AvgIpc) is 3.22. The van der Waals surface area contributed by atoms with Crippen LogP contribution < -0.4 is 4.74 Å². The van der Waals surface area contributed by atoms with Crippen molar-refractivity contribution in [3.8, 4) is 23.2 Å². The molecule has 1 aromatic heterocycles. The van der Waals surface area contributed by atoms with E-state index in [2.05, 4.69) is 16.3 Å². The maximum absolute atomic E-state index is 13.3. The lowest BCUT2D eigenvalue weighted by atomic mass is 9.88. The lowest BCUT2D eigenvalue weighted by Crippen LogP contribution is -2.37. The highest BCUT2D eigenvalue weighted by atomic mass is 16.5. The van der Waals surface area contributed by atoms with Crippen LogP contribution in [0.1, 0.15) is 51.4 Å². The van der Waals surface area contributed by atoms with Crippen molar-refractivity contribution in [2.75, 3.05) is 26.3 Å². The fourth-order valence-electron chi connectivity index (χ4n) is 4.38. The third-order valence-electron chi connectivity index (χ3n) is 6.34. The Balaban J connectivity index is 1.47. The number of carbonyl (C=O) groups is 1. The summed E-state index contributed by atoms with van der Waals surface area (Å²) in [6.45, 7) is 5.42. The summed E-state index contributed by atoms with van der Waals surface area (Å²) >= 11 is 0. The highest BCUT2D eigenvalue weighted by Gasteiger charge is 2.25.